The van der Waals surface area contributed by atoms with Crippen LogP contribution in [-0.2, 0) is 30.8 Å². The summed E-state index contributed by atoms with van der Waals surface area (Å²) in [6, 6.07) is 19.6. The number of benzene rings is 4. The Balaban J connectivity index is 1.64. The third-order valence-electron chi connectivity index (χ3n) is 10.2. The molecule has 1 atom stereocenters. The van der Waals surface area contributed by atoms with Crippen LogP contribution < -0.4 is 8.92 Å². The SMILES string of the molecule is CC(C)c1cccc(C(C)C)c1-n1ccn(-c2c(C(C)C)cccc2C(C)C)[c]1=[Au]([Br])([C](F)(F)F)[C](F)(F)CCCS(=O)(=O)Oc1cccc(Oc2cccc(C(F)(F)F)c2C#N)c1. The van der Waals surface area contributed by atoms with Crippen LogP contribution in [0.3, 0.4) is 0 Å². The number of rotatable bonds is 15. The first-order chi connectivity index (χ1) is 29.7. The maximum absolute atomic E-state index is 17.3. The van der Waals surface area contributed by atoms with Crippen LogP contribution in [0.25, 0.3) is 11.4 Å². The molecule has 0 saturated heterocycles. The molecule has 1 heterocycles. The predicted molar refractivity (Wildman–Crippen MR) is 231 cm³/mol. The second kappa shape index (κ2) is 19.3. The van der Waals surface area contributed by atoms with Crippen molar-refractivity contribution in [2.24, 2.45) is 0 Å². The molecule has 352 valence electrons. The Bertz CT molecular complexity index is 2620. The number of imidazole rings is 1. The normalized spacial score (nSPS) is 14.2. The van der Waals surface area contributed by atoms with Crippen LogP contribution >= 0.6 is 13.0 Å². The van der Waals surface area contributed by atoms with Gasteiger partial charge in [0.15, 0.2) is 0 Å². The van der Waals surface area contributed by atoms with Gasteiger partial charge in [-0.3, -0.25) is 0 Å². The van der Waals surface area contributed by atoms with E-state index in [-0.39, 0.29) is 29.4 Å². The van der Waals surface area contributed by atoms with Crippen molar-refractivity contribution in [2.45, 2.75) is 107 Å². The van der Waals surface area contributed by atoms with Crippen LogP contribution in [0.5, 0.6) is 17.2 Å². The van der Waals surface area contributed by atoms with Crippen LogP contribution in [0.2, 0.25) is 0 Å². The molecule has 0 N–H and O–H groups in total. The van der Waals surface area contributed by atoms with Gasteiger partial charge < -0.3 is 0 Å². The minimum atomic E-state index is -6.93. The first-order valence-electron chi connectivity index (χ1n) is 20.1. The van der Waals surface area contributed by atoms with Crippen LogP contribution in [-0.4, -0.2) is 31.8 Å². The van der Waals surface area contributed by atoms with Gasteiger partial charge in [-0.2, -0.15) is 18.4 Å². The predicted octanol–water partition coefficient (Wildman–Crippen LogP) is 14.7. The van der Waals surface area contributed by atoms with Crippen LogP contribution in [0.4, 0.5) is 35.1 Å². The van der Waals surface area contributed by atoms with Crippen molar-refractivity contribution in [3.63, 3.8) is 0 Å². The molecule has 1 aromatic heterocycles. The molecule has 4 aromatic carbocycles. The van der Waals surface area contributed by atoms with E-state index in [4.69, 9.17) is 8.92 Å². The average Bonchev–Trinajstić information content (AvgIpc) is 3.63. The standard InChI is InChI=1S/C27H36N2.C18H13F5NO4S.CF3.Au.BrH/c1-18(2)22-11-9-12-23(19(3)4)26(22)28-15-16-29(17-28)27-24(20(5)6)13-10-14-25(27)21(7)8;19-17(20)8-3-9-29(25,26)28-13-5-1-4-12(10-13)27-16-7-2-6-15(14(16)11-24)18(21,22)23;2-1(3)4;;/h9-16,18-21H,1-8H3;1-2,4-7,10H,3,8-9H2;;;1H/q;;;+1;/p-1. The second-order valence-corrected chi connectivity index (χ2v) is 30.3. The number of nitrogens with zero attached hydrogens (tertiary/aromatic N) is 3. The van der Waals surface area contributed by atoms with E-state index in [1.54, 1.807) is 36.4 Å². The Hall–Kier alpha value is -4.21. The molecular weight excluding hydrogens is 1120 g/mol. The molecule has 0 amide bonds. The molecule has 0 spiro atoms. The summed E-state index contributed by atoms with van der Waals surface area (Å²) in [5.74, 6) is -3.14. The van der Waals surface area contributed by atoms with Crippen molar-refractivity contribution in [3.05, 3.63) is 128 Å². The number of aromatic nitrogens is 2. The topological polar surface area (TPSA) is 86.2 Å². The van der Waals surface area contributed by atoms with E-state index in [9.17, 15) is 26.9 Å². The Labute approximate surface area is 377 Å². The van der Waals surface area contributed by atoms with Crippen molar-refractivity contribution in [1.82, 2.24) is 9.13 Å². The summed E-state index contributed by atoms with van der Waals surface area (Å²) in [4.78, 5) is 0. The Morgan fingerprint density at radius 3 is 1.55 bits per heavy atom. The van der Waals surface area contributed by atoms with Gasteiger partial charge in [-0.25, -0.2) is 0 Å². The summed E-state index contributed by atoms with van der Waals surface area (Å²) in [5.41, 5.74) is 1.23. The Kier molecular flexibility index (Phi) is 15.3. The molecular formula is C46H49AuBrF8N3O4S. The molecule has 64 heavy (non-hydrogen) atoms. The minimum absolute atomic E-state index is 0.221. The first kappa shape index (κ1) is 50.8. The molecule has 0 bridgehead atoms. The molecule has 0 radical (unpaired) electrons. The summed E-state index contributed by atoms with van der Waals surface area (Å²) in [5, 5.41) is 9.44. The second-order valence-electron chi connectivity index (χ2n) is 16.1. The quantitative estimate of drug-likeness (QED) is 0.0592. The number of para-hydroxylation sites is 2. The molecule has 5 rings (SSSR count). The van der Waals surface area contributed by atoms with E-state index < -0.39 is 84.2 Å². The number of alkyl halides is 8. The van der Waals surface area contributed by atoms with Gasteiger partial charge in [0.05, 0.1) is 5.56 Å². The maximum atomic E-state index is 17.3. The summed E-state index contributed by atoms with van der Waals surface area (Å²) in [6.07, 6.45) is -4.51. The molecule has 0 aliphatic heterocycles. The van der Waals surface area contributed by atoms with E-state index in [2.05, 4.69) is 13.0 Å². The first-order valence-corrected chi connectivity index (χ1v) is 29.7. The number of nitriles is 1. The van der Waals surface area contributed by atoms with E-state index in [0.29, 0.717) is 39.7 Å². The van der Waals surface area contributed by atoms with Gasteiger partial charge in [0.25, 0.3) is 0 Å². The van der Waals surface area contributed by atoms with Crippen molar-refractivity contribution in [2.75, 3.05) is 5.75 Å². The Morgan fingerprint density at radius 2 is 1.12 bits per heavy atom. The van der Waals surface area contributed by atoms with Gasteiger partial charge in [0, 0.05) is 0 Å². The molecule has 5 aromatic rings. The van der Waals surface area contributed by atoms with Gasteiger partial charge in [-0.15, -0.1) is 0 Å². The van der Waals surface area contributed by atoms with Crippen molar-refractivity contribution >= 4 is 23.1 Å². The molecule has 1 unspecified atom stereocenters. The summed E-state index contributed by atoms with van der Waals surface area (Å²) in [7, 11) is -4.76. The van der Waals surface area contributed by atoms with E-state index >= 15 is 22.0 Å². The van der Waals surface area contributed by atoms with Crippen LogP contribution in [0.1, 0.15) is 125 Å². The fourth-order valence-electron chi connectivity index (χ4n) is 7.17. The monoisotopic (exact) mass is 1170 g/mol. The zero-order valence-corrected chi connectivity index (χ0v) is 40.7. The zero-order chi connectivity index (χ0) is 47.7. The van der Waals surface area contributed by atoms with Gasteiger partial charge >= 0.3 is 338 Å². The molecule has 0 saturated carbocycles. The molecule has 0 fully saturated rings. The molecule has 18 heteroatoms. The summed E-state index contributed by atoms with van der Waals surface area (Å²) < 4.78 is 153. The molecule has 7 nitrogen and oxygen atoms in total. The zero-order valence-electron chi connectivity index (χ0n) is 36.2. The van der Waals surface area contributed by atoms with E-state index in [0.717, 1.165) is 24.3 Å². The number of halogens is 9. The fourth-order valence-corrected chi connectivity index (χ4v) is 16.5. The van der Waals surface area contributed by atoms with E-state index in [1.807, 2.05) is 55.4 Å². The van der Waals surface area contributed by atoms with Crippen LogP contribution in [0, 0.1) is 15.0 Å². The van der Waals surface area contributed by atoms with Crippen LogP contribution in [0.15, 0.2) is 91.3 Å². The van der Waals surface area contributed by atoms with Crippen molar-refractivity contribution < 1.29 is 67.0 Å². The Morgan fingerprint density at radius 1 is 0.688 bits per heavy atom. The fraction of sp³-hybridized carbons (Fsp3) is 0.391. The third kappa shape index (κ3) is 10.4. The average molecular weight is 1170 g/mol. The summed E-state index contributed by atoms with van der Waals surface area (Å²) >= 11 is -4.10. The molecule has 0 aliphatic carbocycles. The van der Waals surface area contributed by atoms with Gasteiger partial charge in [-0.05, 0) is 6.07 Å². The van der Waals surface area contributed by atoms with Gasteiger partial charge in [0.1, 0.15) is 6.07 Å². The summed E-state index contributed by atoms with van der Waals surface area (Å²) in [6.45, 7) is 15.0. The van der Waals surface area contributed by atoms with Crippen molar-refractivity contribution in [1.29, 1.82) is 5.26 Å². The third-order valence-corrected chi connectivity index (χ3v) is 25.0. The van der Waals surface area contributed by atoms with Gasteiger partial charge in [-0.1, -0.05) is 6.07 Å². The number of ether oxygens (including phenoxy) is 1. The number of hydrogen-bond donors (Lipinski definition) is 0. The number of hydrogen-bond acceptors (Lipinski definition) is 5. The van der Waals surface area contributed by atoms with E-state index in [1.165, 1.54) is 39.7 Å². The molecule has 0 aliphatic rings. The van der Waals surface area contributed by atoms with Crippen molar-refractivity contribution in [3.8, 4) is 34.7 Å². The van der Waals surface area contributed by atoms with Gasteiger partial charge in [0.2, 0.25) is 0 Å².